The summed E-state index contributed by atoms with van der Waals surface area (Å²) in [6.45, 7) is 1.65. The van der Waals surface area contributed by atoms with Crippen molar-refractivity contribution >= 4 is 17.8 Å². The molecule has 0 heterocycles. The van der Waals surface area contributed by atoms with Crippen LogP contribution in [0.25, 0.3) is 0 Å². The van der Waals surface area contributed by atoms with Gasteiger partial charge < -0.3 is 9.84 Å². The first-order valence-electron chi connectivity index (χ1n) is 6.37. The van der Waals surface area contributed by atoms with Gasteiger partial charge in [0.15, 0.2) is 0 Å². The number of hydrogen-bond donors (Lipinski definition) is 3. The molecule has 2 amide bonds. The number of ether oxygens (including phenoxy) is 1. The summed E-state index contributed by atoms with van der Waals surface area (Å²) in [5.41, 5.74) is 4.86. The van der Waals surface area contributed by atoms with Crippen LogP contribution in [-0.2, 0) is 9.59 Å². The van der Waals surface area contributed by atoms with Gasteiger partial charge in [0.25, 0.3) is 5.91 Å². The number of hydrogen-bond acceptors (Lipinski definition) is 4. The molecule has 7 heteroatoms. The van der Waals surface area contributed by atoms with Gasteiger partial charge in [-0.05, 0) is 24.1 Å². The minimum Gasteiger partial charge on any atom is -0.497 e. The first kappa shape index (κ1) is 16.5. The highest BCUT2D eigenvalue weighted by Crippen LogP contribution is 2.12. The standard InChI is InChI=1S/C14H18N2O5/c1-9(7-13(18)19)6-12(17)15-16-14(20)10-4-3-5-11(8-10)21-2/h3-5,8-9H,6-7H2,1-2H3,(H,15,17)(H,16,20)(H,18,19). The molecule has 1 aromatic carbocycles. The summed E-state index contributed by atoms with van der Waals surface area (Å²) in [5, 5.41) is 8.60. The summed E-state index contributed by atoms with van der Waals surface area (Å²) in [4.78, 5) is 33.8. The summed E-state index contributed by atoms with van der Waals surface area (Å²) in [6.07, 6.45) is -0.0814. The molecule has 1 atom stereocenters. The molecule has 0 aromatic heterocycles. The smallest absolute Gasteiger partial charge is 0.303 e. The summed E-state index contributed by atoms with van der Waals surface area (Å²) in [5.74, 6) is -1.66. The molecule has 1 unspecified atom stereocenters. The van der Waals surface area contributed by atoms with Crippen LogP contribution in [-0.4, -0.2) is 30.0 Å². The fraction of sp³-hybridized carbons (Fsp3) is 0.357. The van der Waals surface area contributed by atoms with Gasteiger partial charge in [0.05, 0.1) is 7.11 Å². The van der Waals surface area contributed by atoms with Gasteiger partial charge in [-0.1, -0.05) is 13.0 Å². The molecule has 7 nitrogen and oxygen atoms in total. The third kappa shape index (κ3) is 5.94. The Morgan fingerprint density at radius 2 is 1.95 bits per heavy atom. The number of carboxylic acids is 1. The zero-order valence-electron chi connectivity index (χ0n) is 11.9. The monoisotopic (exact) mass is 294 g/mol. The van der Waals surface area contributed by atoms with Gasteiger partial charge in [0.1, 0.15) is 5.75 Å². The Morgan fingerprint density at radius 1 is 1.24 bits per heavy atom. The van der Waals surface area contributed by atoms with Gasteiger partial charge in [0, 0.05) is 18.4 Å². The summed E-state index contributed by atoms with van der Waals surface area (Å²) >= 11 is 0. The zero-order valence-corrected chi connectivity index (χ0v) is 11.9. The third-order valence-corrected chi connectivity index (χ3v) is 2.70. The van der Waals surface area contributed by atoms with Crippen molar-refractivity contribution in [2.24, 2.45) is 5.92 Å². The van der Waals surface area contributed by atoms with E-state index in [9.17, 15) is 14.4 Å². The fourth-order valence-corrected chi connectivity index (χ4v) is 1.70. The van der Waals surface area contributed by atoms with Crippen LogP contribution in [0.4, 0.5) is 0 Å². The molecule has 0 saturated heterocycles. The summed E-state index contributed by atoms with van der Waals surface area (Å²) < 4.78 is 5.00. The first-order chi connectivity index (χ1) is 9.92. The van der Waals surface area contributed by atoms with E-state index in [1.165, 1.54) is 13.2 Å². The van der Waals surface area contributed by atoms with Crippen LogP contribution in [0.2, 0.25) is 0 Å². The third-order valence-electron chi connectivity index (χ3n) is 2.70. The maximum atomic E-state index is 11.8. The van der Waals surface area contributed by atoms with Crippen molar-refractivity contribution in [2.45, 2.75) is 19.8 Å². The van der Waals surface area contributed by atoms with E-state index in [0.717, 1.165) is 0 Å². The molecule has 0 spiro atoms. The summed E-state index contributed by atoms with van der Waals surface area (Å²) in [6, 6.07) is 6.47. The molecular formula is C14H18N2O5. The second-order valence-electron chi connectivity index (χ2n) is 4.64. The molecule has 0 fully saturated rings. The number of hydrazine groups is 1. The Hall–Kier alpha value is -2.57. The van der Waals surface area contributed by atoms with Crippen molar-refractivity contribution in [3.63, 3.8) is 0 Å². The molecular weight excluding hydrogens is 276 g/mol. The molecule has 1 rings (SSSR count). The van der Waals surface area contributed by atoms with Crippen molar-refractivity contribution in [3.05, 3.63) is 29.8 Å². The maximum Gasteiger partial charge on any atom is 0.303 e. The lowest BCUT2D eigenvalue weighted by Gasteiger charge is -2.10. The minimum atomic E-state index is -0.962. The lowest BCUT2D eigenvalue weighted by atomic mass is 10.0. The highest BCUT2D eigenvalue weighted by molar-refractivity contribution is 5.95. The average Bonchev–Trinajstić information content (AvgIpc) is 2.43. The number of amides is 2. The van der Waals surface area contributed by atoms with Crippen molar-refractivity contribution in [3.8, 4) is 5.75 Å². The number of rotatable bonds is 6. The van der Waals surface area contributed by atoms with Crippen molar-refractivity contribution in [1.29, 1.82) is 0 Å². The van der Waals surface area contributed by atoms with Crippen LogP contribution >= 0.6 is 0 Å². The van der Waals surface area contributed by atoms with Gasteiger partial charge in [0.2, 0.25) is 5.91 Å². The highest BCUT2D eigenvalue weighted by atomic mass is 16.5. The van der Waals surface area contributed by atoms with Crippen LogP contribution in [0, 0.1) is 5.92 Å². The number of nitrogens with one attached hydrogen (secondary N) is 2. The van der Waals surface area contributed by atoms with Crippen molar-refractivity contribution in [1.82, 2.24) is 10.9 Å². The van der Waals surface area contributed by atoms with Crippen molar-refractivity contribution < 1.29 is 24.2 Å². The van der Waals surface area contributed by atoms with Gasteiger partial charge in [-0.2, -0.15) is 0 Å². The zero-order chi connectivity index (χ0) is 15.8. The molecule has 0 aliphatic rings. The van der Waals surface area contributed by atoms with Crippen LogP contribution in [0.5, 0.6) is 5.75 Å². The van der Waals surface area contributed by atoms with E-state index in [2.05, 4.69) is 10.9 Å². The largest absolute Gasteiger partial charge is 0.497 e. The predicted octanol–water partition coefficient (Wildman–Crippen LogP) is 0.957. The van der Waals surface area contributed by atoms with Crippen LogP contribution in [0.15, 0.2) is 24.3 Å². The van der Waals surface area contributed by atoms with Gasteiger partial charge in [-0.3, -0.25) is 25.2 Å². The second kappa shape index (κ2) is 7.88. The predicted molar refractivity (Wildman–Crippen MR) is 74.6 cm³/mol. The molecule has 3 N–H and O–H groups in total. The van der Waals surface area contributed by atoms with E-state index in [0.29, 0.717) is 11.3 Å². The molecule has 0 saturated carbocycles. The Balaban J connectivity index is 2.45. The highest BCUT2D eigenvalue weighted by Gasteiger charge is 2.13. The number of benzene rings is 1. The number of carbonyl (C=O) groups is 3. The van der Waals surface area contributed by atoms with E-state index >= 15 is 0 Å². The van der Waals surface area contributed by atoms with E-state index in [1.807, 2.05) is 0 Å². The average molecular weight is 294 g/mol. The van der Waals surface area contributed by atoms with Crippen LogP contribution < -0.4 is 15.6 Å². The molecule has 0 radical (unpaired) electrons. The van der Waals surface area contributed by atoms with Gasteiger partial charge >= 0.3 is 5.97 Å². The van der Waals surface area contributed by atoms with E-state index in [1.54, 1.807) is 25.1 Å². The topological polar surface area (TPSA) is 105 Å². The van der Waals surface area contributed by atoms with Gasteiger partial charge in [-0.25, -0.2) is 0 Å². The lowest BCUT2D eigenvalue weighted by Crippen LogP contribution is -2.42. The molecule has 1 aromatic rings. The van der Waals surface area contributed by atoms with E-state index in [-0.39, 0.29) is 18.8 Å². The first-order valence-corrected chi connectivity index (χ1v) is 6.37. The minimum absolute atomic E-state index is 0.0185. The molecule has 0 bridgehead atoms. The number of aliphatic carboxylic acids is 1. The quantitative estimate of drug-likeness (QED) is 0.678. The Labute approximate surface area is 122 Å². The van der Waals surface area contributed by atoms with E-state index in [4.69, 9.17) is 9.84 Å². The number of carboxylic acid groups (broad SMARTS) is 1. The summed E-state index contributed by atoms with van der Waals surface area (Å²) in [7, 11) is 1.49. The molecule has 0 aliphatic heterocycles. The van der Waals surface area contributed by atoms with E-state index < -0.39 is 17.8 Å². The number of methoxy groups -OCH3 is 1. The SMILES string of the molecule is COc1cccc(C(=O)NNC(=O)CC(C)CC(=O)O)c1. The van der Waals surface area contributed by atoms with Gasteiger partial charge in [-0.15, -0.1) is 0 Å². The molecule has 21 heavy (non-hydrogen) atoms. The van der Waals surface area contributed by atoms with Crippen LogP contribution in [0.3, 0.4) is 0 Å². The molecule has 0 aliphatic carbocycles. The number of carbonyl (C=O) groups excluding carboxylic acids is 2. The molecule has 114 valence electrons. The van der Waals surface area contributed by atoms with Crippen molar-refractivity contribution in [2.75, 3.05) is 7.11 Å². The Bertz CT molecular complexity index is 530. The maximum absolute atomic E-state index is 11.8. The lowest BCUT2D eigenvalue weighted by molar-refractivity contribution is -0.138. The Kier molecular flexibility index (Phi) is 6.19. The second-order valence-corrected chi connectivity index (χ2v) is 4.64. The Morgan fingerprint density at radius 3 is 2.57 bits per heavy atom. The van der Waals surface area contributed by atoms with Crippen LogP contribution in [0.1, 0.15) is 30.1 Å². The normalized spacial score (nSPS) is 11.3. The fourth-order valence-electron chi connectivity index (χ4n) is 1.70.